The first-order chi connectivity index (χ1) is 8.15. The van der Waals surface area contributed by atoms with Crippen LogP contribution in [0.5, 0.6) is 0 Å². The van der Waals surface area contributed by atoms with E-state index in [1.54, 1.807) is 24.5 Å². The van der Waals surface area contributed by atoms with Gasteiger partial charge in [-0.2, -0.15) is 0 Å². The van der Waals surface area contributed by atoms with Gasteiger partial charge in [-0.15, -0.1) is 0 Å². The van der Waals surface area contributed by atoms with Gasteiger partial charge in [0, 0.05) is 16.7 Å². The van der Waals surface area contributed by atoms with E-state index >= 15 is 0 Å². The number of anilines is 1. The summed E-state index contributed by atoms with van der Waals surface area (Å²) in [5, 5.41) is 3.30. The van der Waals surface area contributed by atoms with Gasteiger partial charge in [-0.1, -0.05) is 12.1 Å². The second kappa shape index (κ2) is 5.27. The Bertz CT molecular complexity index is 499. The number of benzene rings is 1. The highest BCUT2D eigenvalue weighted by molar-refractivity contribution is 9.10. The number of nitrogens with zero attached hydrogens (tertiary/aromatic N) is 1. The highest BCUT2D eigenvalue weighted by Gasteiger charge is 2.05. The molecule has 1 heterocycles. The van der Waals surface area contributed by atoms with Gasteiger partial charge in [0.2, 0.25) is 0 Å². The van der Waals surface area contributed by atoms with Crippen molar-refractivity contribution in [2.45, 2.75) is 13.0 Å². The zero-order valence-electron chi connectivity index (χ0n) is 9.32. The van der Waals surface area contributed by atoms with E-state index < -0.39 is 0 Å². The first kappa shape index (κ1) is 12.0. The molecule has 17 heavy (non-hydrogen) atoms. The van der Waals surface area contributed by atoms with Crippen LogP contribution in [0, 0.1) is 5.82 Å². The van der Waals surface area contributed by atoms with Gasteiger partial charge in [-0.05, 0) is 46.6 Å². The van der Waals surface area contributed by atoms with Gasteiger partial charge < -0.3 is 5.32 Å². The van der Waals surface area contributed by atoms with Gasteiger partial charge in [-0.25, -0.2) is 4.39 Å². The normalized spacial score (nSPS) is 12.2. The minimum Gasteiger partial charge on any atom is -0.377 e. The molecule has 0 aliphatic rings. The standard InChI is InChI=1S/C13H12BrFN2/c1-9(10-2-4-12(15)5-3-10)17-13-6-11(14)7-16-8-13/h2-9,17H,1H3. The van der Waals surface area contributed by atoms with Crippen molar-refractivity contribution >= 4 is 21.6 Å². The molecular weight excluding hydrogens is 283 g/mol. The lowest BCUT2D eigenvalue weighted by Crippen LogP contribution is -2.06. The maximum Gasteiger partial charge on any atom is 0.123 e. The average Bonchev–Trinajstić information content (AvgIpc) is 2.29. The van der Waals surface area contributed by atoms with Crippen molar-refractivity contribution in [2.24, 2.45) is 0 Å². The van der Waals surface area contributed by atoms with E-state index in [0.717, 1.165) is 15.7 Å². The van der Waals surface area contributed by atoms with Crippen molar-refractivity contribution < 1.29 is 4.39 Å². The number of pyridine rings is 1. The SMILES string of the molecule is CC(Nc1cncc(Br)c1)c1ccc(F)cc1. The van der Waals surface area contributed by atoms with Crippen LogP contribution in [0.1, 0.15) is 18.5 Å². The molecule has 1 aromatic heterocycles. The summed E-state index contributed by atoms with van der Waals surface area (Å²) < 4.78 is 13.7. The third-order valence-electron chi connectivity index (χ3n) is 2.46. The van der Waals surface area contributed by atoms with Crippen molar-refractivity contribution in [3.63, 3.8) is 0 Å². The van der Waals surface area contributed by atoms with Crippen molar-refractivity contribution in [1.29, 1.82) is 0 Å². The van der Waals surface area contributed by atoms with Crippen LogP contribution in [0.3, 0.4) is 0 Å². The van der Waals surface area contributed by atoms with Crippen molar-refractivity contribution in [2.75, 3.05) is 5.32 Å². The van der Waals surface area contributed by atoms with Crippen LogP contribution in [0.4, 0.5) is 10.1 Å². The number of aromatic nitrogens is 1. The van der Waals surface area contributed by atoms with E-state index in [4.69, 9.17) is 0 Å². The molecule has 4 heteroatoms. The Hall–Kier alpha value is -1.42. The first-order valence-electron chi connectivity index (χ1n) is 5.28. The second-order valence-electron chi connectivity index (χ2n) is 3.81. The summed E-state index contributed by atoms with van der Waals surface area (Å²) in [4.78, 5) is 4.08. The lowest BCUT2D eigenvalue weighted by Gasteiger charge is -2.15. The molecule has 1 atom stereocenters. The molecule has 0 aliphatic carbocycles. The summed E-state index contributed by atoms with van der Waals surface area (Å²) >= 11 is 3.37. The Morgan fingerprint density at radius 3 is 2.59 bits per heavy atom. The number of rotatable bonds is 3. The Morgan fingerprint density at radius 1 is 1.24 bits per heavy atom. The molecule has 2 rings (SSSR count). The maximum atomic E-state index is 12.8. The summed E-state index contributed by atoms with van der Waals surface area (Å²) in [6.45, 7) is 2.02. The molecular formula is C13H12BrFN2. The van der Waals surface area contributed by atoms with Crippen molar-refractivity contribution in [1.82, 2.24) is 4.98 Å². The number of nitrogens with one attached hydrogen (secondary N) is 1. The van der Waals surface area contributed by atoms with Gasteiger partial charge in [-0.3, -0.25) is 4.98 Å². The number of hydrogen-bond acceptors (Lipinski definition) is 2. The van der Waals surface area contributed by atoms with Gasteiger partial charge in [0.1, 0.15) is 5.82 Å². The average molecular weight is 295 g/mol. The third kappa shape index (κ3) is 3.27. The summed E-state index contributed by atoms with van der Waals surface area (Å²) in [5.41, 5.74) is 1.96. The Kier molecular flexibility index (Phi) is 3.74. The lowest BCUT2D eigenvalue weighted by atomic mass is 10.1. The summed E-state index contributed by atoms with van der Waals surface area (Å²) in [7, 11) is 0. The molecule has 1 aromatic carbocycles. The molecule has 88 valence electrons. The van der Waals surface area contributed by atoms with E-state index in [-0.39, 0.29) is 11.9 Å². The molecule has 2 aromatic rings. The Labute approximate surface area is 108 Å². The third-order valence-corrected chi connectivity index (χ3v) is 2.89. The van der Waals surface area contributed by atoms with E-state index in [1.807, 2.05) is 13.0 Å². The zero-order chi connectivity index (χ0) is 12.3. The minimum absolute atomic E-state index is 0.103. The van der Waals surface area contributed by atoms with Gasteiger partial charge in [0.05, 0.1) is 11.9 Å². The van der Waals surface area contributed by atoms with Gasteiger partial charge in [0.15, 0.2) is 0 Å². The van der Waals surface area contributed by atoms with Gasteiger partial charge in [0.25, 0.3) is 0 Å². The predicted molar refractivity (Wildman–Crippen MR) is 70.4 cm³/mol. The number of halogens is 2. The smallest absolute Gasteiger partial charge is 0.123 e. The summed E-state index contributed by atoms with van der Waals surface area (Å²) in [5.74, 6) is -0.218. The Balaban J connectivity index is 2.11. The van der Waals surface area contributed by atoms with Crippen molar-refractivity contribution in [3.8, 4) is 0 Å². The molecule has 0 spiro atoms. The van der Waals surface area contributed by atoms with Crippen LogP contribution in [0.25, 0.3) is 0 Å². The minimum atomic E-state index is -0.218. The fraction of sp³-hybridized carbons (Fsp3) is 0.154. The maximum absolute atomic E-state index is 12.8. The molecule has 0 radical (unpaired) electrons. The highest BCUT2D eigenvalue weighted by atomic mass is 79.9. The fourth-order valence-electron chi connectivity index (χ4n) is 1.58. The number of hydrogen-bond donors (Lipinski definition) is 1. The molecule has 2 nitrogen and oxygen atoms in total. The topological polar surface area (TPSA) is 24.9 Å². The second-order valence-corrected chi connectivity index (χ2v) is 4.73. The van der Waals surface area contributed by atoms with E-state index in [2.05, 4.69) is 26.2 Å². The molecule has 0 bridgehead atoms. The molecule has 1 N–H and O–H groups in total. The van der Waals surface area contributed by atoms with Crippen molar-refractivity contribution in [3.05, 3.63) is 58.6 Å². The fourth-order valence-corrected chi connectivity index (χ4v) is 1.94. The van der Waals surface area contributed by atoms with E-state index in [0.29, 0.717) is 0 Å². The molecule has 0 saturated carbocycles. The Morgan fingerprint density at radius 2 is 1.94 bits per heavy atom. The van der Waals surface area contributed by atoms with Crippen LogP contribution in [-0.2, 0) is 0 Å². The molecule has 0 aliphatic heterocycles. The quantitative estimate of drug-likeness (QED) is 0.919. The molecule has 0 saturated heterocycles. The van der Waals surface area contributed by atoms with Crippen LogP contribution in [0.15, 0.2) is 47.2 Å². The predicted octanol–water partition coefficient (Wildman–Crippen LogP) is 4.16. The molecule has 0 amide bonds. The lowest BCUT2D eigenvalue weighted by molar-refractivity contribution is 0.626. The van der Waals surface area contributed by atoms with Crippen LogP contribution in [-0.4, -0.2) is 4.98 Å². The first-order valence-corrected chi connectivity index (χ1v) is 6.07. The van der Waals surface area contributed by atoms with E-state index in [9.17, 15) is 4.39 Å². The molecule has 0 fully saturated rings. The molecule has 1 unspecified atom stereocenters. The summed E-state index contributed by atoms with van der Waals surface area (Å²) in [6.07, 6.45) is 3.48. The van der Waals surface area contributed by atoms with Crippen LogP contribution < -0.4 is 5.32 Å². The van der Waals surface area contributed by atoms with Crippen LogP contribution >= 0.6 is 15.9 Å². The monoisotopic (exact) mass is 294 g/mol. The van der Waals surface area contributed by atoms with E-state index in [1.165, 1.54) is 12.1 Å². The summed E-state index contributed by atoms with van der Waals surface area (Å²) in [6, 6.07) is 8.54. The largest absolute Gasteiger partial charge is 0.377 e. The zero-order valence-corrected chi connectivity index (χ0v) is 10.9. The van der Waals surface area contributed by atoms with Crippen LogP contribution in [0.2, 0.25) is 0 Å². The highest BCUT2D eigenvalue weighted by Crippen LogP contribution is 2.21. The van der Waals surface area contributed by atoms with Gasteiger partial charge >= 0.3 is 0 Å².